The van der Waals surface area contributed by atoms with Gasteiger partial charge < -0.3 is 23.9 Å². The minimum Gasteiger partial charge on any atom is -0.507 e. The summed E-state index contributed by atoms with van der Waals surface area (Å²) in [4.78, 5) is 26.9. The molecule has 2 aromatic rings. The average Bonchev–Trinajstić information content (AvgIpc) is 3.35. The molecule has 7 heteroatoms. The zero-order valence-corrected chi connectivity index (χ0v) is 16.6. The number of aliphatic hydroxyl groups is 1. The van der Waals surface area contributed by atoms with Crippen LogP contribution in [0.4, 0.5) is 0 Å². The Morgan fingerprint density at radius 3 is 2.76 bits per heavy atom. The number of aliphatic hydroxyl groups excluding tert-OH is 1. The van der Waals surface area contributed by atoms with Crippen LogP contribution in [0.25, 0.3) is 5.76 Å². The maximum atomic E-state index is 12.9. The molecule has 1 amide bonds. The van der Waals surface area contributed by atoms with Gasteiger partial charge in [-0.3, -0.25) is 9.59 Å². The van der Waals surface area contributed by atoms with Gasteiger partial charge in [-0.25, -0.2) is 0 Å². The van der Waals surface area contributed by atoms with Gasteiger partial charge in [0.2, 0.25) is 0 Å². The summed E-state index contributed by atoms with van der Waals surface area (Å²) in [6, 6.07) is 7.96. The summed E-state index contributed by atoms with van der Waals surface area (Å²) in [5.74, 6) is 0.222. The lowest BCUT2D eigenvalue weighted by molar-refractivity contribution is -0.140. The third kappa shape index (κ3) is 3.31. The van der Waals surface area contributed by atoms with E-state index in [1.165, 1.54) is 12.0 Å². The normalized spacial score (nSPS) is 22.8. The highest BCUT2D eigenvalue weighted by Gasteiger charge is 2.47. The second-order valence-corrected chi connectivity index (χ2v) is 7.39. The molecular weight excluding hydrogens is 374 g/mol. The largest absolute Gasteiger partial charge is 0.507 e. The molecule has 2 aliphatic rings. The standard InChI is InChI=1S/C22H23NO6/c1-12-4-6-17(28-12)19-18(21(25)22(26)23(19)8-9-27-3)20(24)14-5-7-16-15(11-14)10-13(2)29-16/h4-7,11,13,19,24H,8-10H2,1-3H3/t13-,19-/m1/s1. The number of nitrogens with zero attached hydrogens (tertiary/aromatic N) is 1. The molecule has 1 aromatic carbocycles. The molecule has 0 aliphatic carbocycles. The number of Topliss-reactive ketones (excluding diaryl/α,β-unsaturated/α-hetero) is 1. The quantitative estimate of drug-likeness (QED) is 0.474. The number of carbonyl (C=O) groups is 2. The molecule has 2 aliphatic heterocycles. The number of benzene rings is 1. The van der Waals surface area contributed by atoms with Crippen LogP contribution in [0.15, 0.2) is 40.3 Å². The molecular formula is C22H23NO6. The van der Waals surface area contributed by atoms with Crippen molar-refractivity contribution in [3.63, 3.8) is 0 Å². The van der Waals surface area contributed by atoms with E-state index in [1.807, 2.05) is 6.92 Å². The minimum atomic E-state index is -0.803. The van der Waals surface area contributed by atoms with Gasteiger partial charge in [0.05, 0.1) is 12.2 Å². The van der Waals surface area contributed by atoms with Crippen LogP contribution in [0, 0.1) is 6.92 Å². The fourth-order valence-electron chi connectivity index (χ4n) is 3.92. The van der Waals surface area contributed by atoms with Gasteiger partial charge in [-0.05, 0) is 49.7 Å². The van der Waals surface area contributed by atoms with E-state index in [-0.39, 0.29) is 30.6 Å². The number of aryl methyl sites for hydroxylation is 1. The molecule has 0 saturated carbocycles. The van der Waals surface area contributed by atoms with E-state index >= 15 is 0 Å². The van der Waals surface area contributed by atoms with Crippen molar-refractivity contribution in [3.8, 4) is 5.75 Å². The Morgan fingerprint density at radius 1 is 1.28 bits per heavy atom. The highest BCUT2D eigenvalue weighted by atomic mass is 16.5. The minimum absolute atomic E-state index is 0.0207. The number of carbonyl (C=O) groups excluding carboxylic acids is 2. The number of likely N-dealkylation sites (tertiary alicyclic amines) is 1. The fourth-order valence-corrected chi connectivity index (χ4v) is 3.92. The summed E-state index contributed by atoms with van der Waals surface area (Å²) in [6.07, 6.45) is 0.785. The van der Waals surface area contributed by atoms with Gasteiger partial charge in [0.15, 0.2) is 0 Å². The van der Waals surface area contributed by atoms with E-state index in [0.29, 0.717) is 17.1 Å². The van der Waals surface area contributed by atoms with Crippen molar-refractivity contribution >= 4 is 17.4 Å². The lowest BCUT2D eigenvalue weighted by Gasteiger charge is -2.22. The molecule has 0 bridgehead atoms. The SMILES string of the molecule is COCCN1C(=O)C(=O)C(=C(O)c2ccc3c(c2)C[C@@H](C)O3)[C@H]1c1ccc(C)o1. The van der Waals surface area contributed by atoms with Crippen molar-refractivity contribution in [2.75, 3.05) is 20.3 Å². The average molecular weight is 397 g/mol. The highest BCUT2D eigenvalue weighted by molar-refractivity contribution is 6.46. The summed E-state index contributed by atoms with van der Waals surface area (Å²) in [7, 11) is 1.52. The Labute approximate surface area is 168 Å². The topological polar surface area (TPSA) is 89.2 Å². The maximum Gasteiger partial charge on any atom is 0.295 e. The van der Waals surface area contributed by atoms with Gasteiger partial charge in [0.25, 0.3) is 11.7 Å². The van der Waals surface area contributed by atoms with E-state index in [4.69, 9.17) is 13.9 Å². The van der Waals surface area contributed by atoms with Crippen molar-refractivity contribution in [3.05, 3.63) is 58.6 Å². The van der Waals surface area contributed by atoms with Gasteiger partial charge in [-0.2, -0.15) is 0 Å². The van der Waals surface area contributed by atoms with Gasteiger partial charge in [-0.1, -0.05) is 0 Å². The van der Waals surface area contributed by atoms with Crippen LogP contribution in [0.1, 0.15) is 35.6 Å². The molecule has 0 spiro atoms. The first-order valence-electron chi connectivity index (χ1n) is 9.54. The van der Waals surface area contributed by atoms with Crippen LogP contribution in [-0.4, -0.2) is 48.1 Å². The smallest absolute Gasteiger partial charge is 0.295 e. The number of furan rings is 1. The summed E-state index contributed by atoms with van der Waals surface area (Å²) < 4.78 is 16.5. The predicted molar refractivity (Wildman–Crippen MR) is 105 cm³/mol. The van der Waals surface area contributed by atoms with Crippen LogP contribution < -0.4 is 4.74 Å². The second kappa shape index (κ2) is 7.40. The molecule has 7 nitrogen and oxygen atoms in total. The van der Waals surface area contributed by atoms with Gasteiger partial charge in [0, 0.05) is 25.6 Å². The fraction of sp³-hybridized carbons (Fsp3) is 0.364. The lowest BCUT2D eigenvalue weighted by Crippen LogP contribution is -2.32. The first-order valence-corrected chi connectivity index (χ1v) is 9.54. The van der Waals surface area contributed by atoms with Crippen molar-refractivity contribution < 1.29 is 28.6 Å². The van der Waals surface area contributed by atoms with Crippen LogP contribution in [0.3, 0.4) is 0 Å². The van der Waals surface area contributed by atoms with Crippen LogP contribution in [-0.2, 0) is 20.7 Å². The van der Waals surface area contributed by atoms with Crippen molar-refractivity contribution in [2.45, 2.75) is 32.4 Å². The third-order valence-corrected chi connectivity index (χ3v) is 5.28. The predicted octanol–water partition coefficient (Wildman–Crippen LogP) is 2.98. The van der Waals surface area contributed by atoms with Crippen molar-refractivity contribution in [1.82, 2.24) is 4.90 Å². The van der Waals surface area contributed by atoms with E-state index in [1.54, 1.807) is 37.3 Å². The molecule has 1 aromatic heterocycles. The number of ketones is 1. The molecule has 152 valence electrons. The Balaban J connectivity index is 1.81. The molecule has 29 heavy (non-hydrogen) atoms. The second-order valence-electron chi connectivity index (χ2n) is 7.39. The highest BCUT2D eigenvalue weighted by Crippen LogP contribution is 2.40. The molecule has 4 rings (SSSR count). The molecule has 0 radical (unpaired) electrons. The number of ether oxygens (including phenoxy) is 2. The van der Waals surface area contributed by atoms with Gasteiger partial charge >= 0.3 is 0 Å². The molecule has 1 N–H and O–H groups in total. The molecule has 1 saturated heterocycles. The number of rotatable bonds is 5. The van der Waals surface area contributed by atoms with E-state index in [2.05, 4.69) is 0 Å². The number of methoxy groups -OCH3 is 1. The summed E-state index contributed by atoms with van der Waals surface area (Å²) in [5, 5.41) is 11.1. The van der Waals surface area contributed by atoms with E-state index in [0.717, 1.165) is 17.7 Å². The lowest BCUT2D eigenvalue weighted by atomic mass is 9.97. The number of fused-ring (bicyclic) bond motifs is 1. The molecule has 2 atom stereocenters. The van der Waals surface area contributed by atoms with Crippen LogP contribution in [0.5, 0.6) is 5.75 Å². The van der Waals surface area contributed by atoms with Gasteiger partial charge in [0.1, 0.15) is 35.2 Å². The van der Waals surface area contributed by atoms with Crippen LogP contribution in [0.2, 0.25) is 0 Å². The third-order valence-electron chi connectivity index (χ3n) is 5.28. The zero-order chi connectivity index (χ0) is 20.7. The van der Waals surface area contributed by atoms with Crippen LogP contribution >= 0.6 is 0 Å². The monoisotopic (exact) mass is 397 g/mol. The Morgan fingerprint density at radius 2 is 2.07 bits per heavy atom. The Hall–Kier alpha value is -3.06. The maximum absolute atomic E-state index is 12.9. The molecule has 3 heterocycles. The van der Waals surface area contributed by atoms with E-state index in [9.17, 15) is 14.7 Å². The van der Waals surface area contributed by atoms with Crippen molar-refractivity contribution in [2.24, 2.45) is 0 Å². The Bertz CT molecular complexity index is 1000. The number of hydrogen-bond donors (Lipinski definition) is 1. The molecule has 0 unspecified atom stereocenters. The zero-order valence-electron chi connectivity index (χ0n) is 16.6. The number of hydrogen-bond acceptors (Lipinski definition) is 6. The first kappa shape index (κ1) is 19.3. The van der Waals surface area contributed by atoms with Crippen molar-refractivity contribution in [1.29, 1.82) is 0 Å². The number of amides is 1. The summed E-state index contributed by atoms with van der Waals surface area (Å²) >= 11 is 0. The first-order chi connectivity index (χ1) is 13.9. The van der Waals surface area contributed by atoms with E-state index < -0.39 is 17.7 Å². The summed E-state index contributed by atoms with van der Waals surface area (Å²) in [5.41, 5.74) is 1.45. The Kier molecular flexibility index (Phi) is 4.92. The molecule has 1 fully saturated rings. The summed E-state index contributed by atoms with van der Waals surface area (Å²) in [6.45, 7) is 4.22. The van der Waals surface area contributed by atoms with Gasteiger partial charge in [-0.15, -0.1) is 0 Å².